The fourth-order valence-corrected chi connectivity index (χ4v) is 2.11. The largest absolute Gasteiger partial charge is 0.418 e. The van der Waals surface area contributed by atoms with E-state index in [9.17, 15) is 6.14 Å². The third kappa shape index (κ3) is 2.10. The van der Waals surface area contributed by atoms with E-state index in [-0.39, 0.29) is 0 Å². The minimum atomic E-state index is -3.33. The van der Waals surface area contributed by atoms with Crippen molar-refractivity contribution in [2.45, 2.75) is 0 Å². The van der Waals surface area contributed by atoms with E-state index in [1.807, 2.05) is 0 Å². The van der Waals surface area contributed by atoms with Crippen molar-refractivity contribution in [2.75, 3.05) is 9.26 Å². The molecule has 10 heavy (non-hydrogen) atoms. The van der Waals surface area contributed by atoms with Crippen LogP contribution in [0.2, 0.25) is 0 Å². The van der Waals surface area contributed by atoms with Crippen molar-refractivity contribution in [1.82, 2.24) is 0 Å². The molecule has 0 aliphatic heterocycles. The highest BCUT2D eigenvalue weighted by Crippen LogP contribution is 2.24. The second-order valence-electron chi connectivity index (χ2n) is 1.55. The lowest BCUT2D eigenvalue weighted by molar-refractivity contribution is 0.610. The summed E-state index contributed by atoms with van der Waals surface area (Å²) in [5.74, 6) is 0. The summed E-state index contributed by atoms with van der Waals surface area (Å²) < 4.78 is 22.6. The molecule has 1 aromatic heterocycles. The number of nitrogens with two attached hydrogens (primary N) is 1. The van der Waals surface area contributed by atoms with Crippen molar-refractivity contribution in [3.8, 4) is 0 Å². The van der Waals surface area contributed by atoms with E-state index >= 15 is 0 Å². The smallest absolute Gasteiger partial charge is 0.391 e. The van der Waals surface area contributed by atoms with E-state index in [4.69, 9.17) is 5.73 Å². The Hall–Kier alpha value is -0.370. The molecule has 0 bridgehead atoms. The number of hydrogen-bond donors (Lipinski definition) is 2. The molecule has 0 saturated carbocycles. The Balaban J connectivity index is 2.76. The molecule has 6 heteroatoms. The molecule has 0 atom stereocenters. The van der Waals surface area contributed by atoms with Crippen molar-refractivity contribution in [2.24, 2.45) is 0 Å². The molecule has 0 radical (unpaired) electrons. The van der Waals surface area contributed by atoms with Crippen LogP contribution in [-0.4, -0.2) is 0 Å². The number of halogens is 1. The van der Waals surface area contributed by atoms with Gasteiger partial charge in [0.05, 0.1) is 10.7 Å². The maximum atomic E-state index is 10.2. The molecule has 3 N–H and O–H groups in total. The van der Waals surface area contributed by atoms with Crippen LogP contribution >= 0.6 is 31.4 Å². The maximum Gasteiger partial charge on any atom is 0.418 e. The minimum absolute atomic E-state index is 0.567. The first-order chi connectivity index (χ1) is 4.68. The van der Waals surface area contributed by atoms with Crippen LogP contribution in [0.4, 0.5) is 10.7 Å². The van der Waals surface area contributed by atoms with Crippen LogP contribution in [0.1, 0.15) is 0 Å². The van der Waals surface area contributed by atoms with Gasteiger partial charge in [0.1, 0.15) is 0 Å². The monoisotopic (exact) mass is 272 g/mol. The molecule has 0 aliphatic carbocycles. The quantitative estimate of drug-likeness (QED) is 0.636. The van der Waals surface area contributed by atoms with Gasteiger partial charge in [-0.15, -0.1) is 11.3 Å². The first-order valence-electron chi connectivity index (χ1n) is 2.34. The van der Waals surface area contributed by atoms with Gasteiger partial charge >= 0.3 is 20.1 Å². The molecular formula is C4H5IN2O2S. The summed E-state index contributed by atoms with van der Waals surface area (Å²) in [4.78, 5) is 0. The number of thiophene rings is 1. The second-order valence-corrected chi connectivity index (χ2v) is 4.27. The molecule has 0 unspecified atom stereocenters. The maximum absolute atomic E-state index is 10.2. The highest BCUT2D eigenvalue weighted by atomic mass is 127. The predicted molar refractivity (Wildman–Crippen MR) is 47.7 cm³/mol. The van der Waals surface area contributed by atoms with Gasteiger partial charge < -0.3 is 5.73 Å². The summed E-state index contributed by atoms with van der Waals surface area (Å²) in [5.41, 5.74) is 5.91. The van der Waals surface area contributed by atoms with Gasteiger partial charge in [0, 0.05) is 5.38 Å². The van der Waals surface area contributed by atoms with Crippen LogP contribution in [-0.2, 0) is 6.14 Å². The Kier molecular flexibility index (Phi) is 2.44. The second kappa shape index (κ2) is 3.15. The van der Waals surface area contributed by atoms with Crippen LogP contribution in [0.25, 0.3) is 0 Å². The summed E-state index contributed by atoms with van der Waals surface area (Å²) in [6.45, 7) is 0. The first kappa shape index (κ1) is 7.73. The summed E-state index contributed by atoms with van der Waals surface area (Å²) in [5, 5.41) is 2.27. The van der Waals surface area contributed by atoms with Gasteiger partial charge in [0.2, 0.25) is 0 Å². The van der Waals surface area contributed by atoms with E-state index in [1.54, 1.807) is 11.4 Å². The topological polar surface area (TPSA) is 72.2 Å². The summed E-state index contributed by atoms with van der Waals surface area (Å²) >= 11 is -2.02. The minimum Gasteiger partial charge on any atom is -0.391 e. The van der Waals surface area contributed by atoms with E-state index in [2.05, 4.69) is 3.53 Å². The molecular weight excluding hydrogens is 267 g/mol. The van der Waals surface area contributed by atoms with E-state index in [0.29, 0.717) is 10.7 Å². The van der Waals surface area contributed by atoms with E-state index in [0.717, 1.165) is 0 Å². The zero-order chi connectivity index (χ0) is 7.56. The van der Waals surface area contributed by atoms with Crippen LogP contribution in [0.3, 0.4) is 0 Å². The zero-order valence-electron chi connectivity index (χ0n) is 4.83. The van der Waals surface area contributed by atoms with Crippen molar-refractivity contribution < 1.29 is 6.14 Å². The molecule has 0 aromatic carbocycles. The number of nitrogens with one attached hydrogen (secondary N) is 1. The Labute approximate surface area is 68.9 Å². The number of anilines is 2. The van der Waals surface area contributed by atoms with Gasteiger partial charge in [0.15, 0.2) is 0 Å². The molecule has 1 heterocycles. The SMILES string of the molecule is Nc1cc(NI(=O)=O)cs1. The van der Waals surface area contributed by atoms with Crippen molar-refractivity contribution in [3.63, 3.8) is 0 Å². The molecule has 0 amide bonds. The normalized spacial score (nSPS) is 10.1. The third-order valence-corrected chi connectivity index (χ3v) is 2.63. The molecule has 4 nitrogen and oxygen atoms in total. The number of rotatable bonds is 2. The molecule has 56 valence electrons. The Bertz CT molecular complexity index is 285. The summed E-state index contributed by atoms with van der Waals surface area (Å²) in [6, 6.07) is 1.59. The highest BCUT2D eigenvalue weighted by Gasteiger charge is 1.95. The van der Waals surface area contributed by atoms with Crippen molar-refractivity contribution in [1.29, 1.82) is 0 Å². The van der Waals surface area contributed by atoms with Crippen LogP contribution in [0.5, 0.6) is 0 Å². The third-order valence-electron chi connectivity index (χ3n) is 0.806. The molecule has 0 aliphatic rings. The lowest BCUT2D eigenvalue weighted by Gasteiger charge is -1.85. The highest BCUT2D eigenvalue weighted by molar-refractivity contribution is 14.2. The van der Waals surface area contributed by atoms with Gasteiger partial charge in [-0.2, -0.15) is 0 Å². The fourth-order valence-electron chi connectivity index (χ4n) is 0.491. The van der Waals surface area contributed by atoms with Gasteiger partial charge in [-0.05, 0) is 6.07 Å². The van der Waals surface area contributed by atoms with Crippen LogP contribution in [0, 0.1) is 0 Å². The molecule has 1 rings (SSSR count). The number of nitrogen functional groups attached to an aromatic ring is 1. The van der Waals surface area contributed by atoms with Crippen LogP contribution in [0.15, 0.2) is 11.4 Å². The molecule has 0 saturated heterocycles. The number of hydrogen-bond acceptors (Lipinski definition) is 4. The summed E-state index contributed by atoms with van der Waals surface area (Å²) in [7, 11) is 0. The lowest BCUT2D eigenvalue weighted by Crippen LogP contribution is -1.77. The first-order valence-corrected chi connectivity index (χ1v) is 6.06. The average molecular weight is 272 g/mol. The van der Waals surface area contributed by atoms with Crippen molar-refractivity contribution in [3.05, 3.63) is 11.4 Å². The Morgan fingerprint density at radius 3 is 2.70 bits per heavy atom. The predicted octanol–water partition coefficient (Wildman–Crippen LogP) is 1.85. The van der Waals surface area contributed by atoms with Gasteiger partial charge in [0.25, 0.3) is 0 Å². The molecule has 1 aromatic rings. The van der Waals surface area contributed by atoms with E-state index < -0.39 is 20.1 Å². The van der Waals surface area contributed by atoms with Crippen LogP contribution < -0.4 is 9.26 Å². The molecule has 0 fully saturated rings. The molecule has 0 spiro atoms. The lowest BCUT2D eigenvalue weighted by atomic mass is 10.5. The van der Waals surface area contributed by atoms with Gasteiger partial charge in [-0.3, -0.25) is 3.53 Å². The van der Waals surface area contributed by atoms with Gasteiger partial charge in [-0.1, -0.05) is 0 Å². The average Bonchev–Trinajstić information content (AvgIpc) is 2.13. The standard InChI is InChI=1S/C4H5IN2O2S/c6-4-1-3(2-10-4)7-5(8)9/h1-2H,6H2,(H,7,8,9). The fraction of sp³-hybridized carbons (Fsp3) is 0. The Morgan fingerprint density at radius 2 is 2.30 bits per heavy atom. The van der Waals surface area contributed by atoms with Gasteiger partial charge in [-0.25, -0.2) is 6.14 Å². The zero-order valence-corrected chi connectivity index (χ0v) is 7.81. The van der Waals surface area contributed by atoms with Crippen molar-refractivity contribution >= 4 is 42.1 Å². The summed E-state index contributed by atoms with van der Waals surface area (Å²) in [6.07, 6.45) is 0. The Morgan fingerprint density at radius 1 is 1.60 bits per heavy atom. The van der Waals surface area contributed by atoms with E-state index in [1.165, 1.54) is 11.3 Å².